The van der Waals surface area contributed by atoms with Crippen molar-refractivity contribution >= 4 is 52.5 Å². The lowest BCUT2D eigenvalue weighted by Gasteiger charge is -2.12. The second kappa shape index (κ2) is 8.89. The summed E-state index contributed by atoms with van der Waals surface area (Å²) >= 11 is 16.0. The molecule has 1 atom stereocenters. The van der Waals surface area contributed by atoms with Gasteiger partial charge < -0.3 is 21.9 Å². The Bertz CT molecular complexity index is 403. The van der Waals surface area contributed by atoms with Crippen molar-refractivity contribution in [3.63, 3.8) is 0 Å². The van der Waals surface area contributed by atoms with E-state index >= 15 is 0 Å². The third-order valence-electron chi connectivity index (χ3n) is 2.05. The third-order valence-corrected chi connectivity index (χ3v) is 2.61. The maximum atomic E-state index is 11.2. The predicted molar refractivity (Wildman–Crippen MR) is 78.9 cm³/mol. The number of guanidine groups is 1. The van der Waals surface area contributed by atoms with E-state index in [0.29, 0.717) is 13.0 Å². The summed E-state index contributed by atoms with van der Waals surface area (Å²) < 4.78 is -2.07. The number of nitrogens with zero attached hydrogens (tertiary/aromatic N) is 1. The molecule has 0 rings (SSSR count). The van der Waals surface area contributed by atoms with Crippen LogP contribution >= 0.6 is 34.8 Å². The molecule has 0 aliphatic carbocycles. The highest BCUT2D eigenvalue weighted by Crippen LogP contribution is 2.27. The van der Waals surface area contributed by atoms with Crippen molar-refractivity contribution in [2.75, 3.05) is 6.54 Å². The van der Waals surface area contributed by atoms with Crippen LogP contribution in [0.25, 0.3) is 0 Å². The van der Waals surface area contributed by atoms with Crippen LogP contribution in [0.5, 0.6) is 0 Å². The fraction of sp³-hybridized carbons (Fsp3) is 0.500. The van der Waals surface area contributed by atoms with Gasteiger partial charge in [-0.1, -0.05) is 34.8 Å². The van der Waals surface area contributed by atoms with Gasteiger partial charge in [0.15, 0.2) is 5.96 Å². The van der Waals surface area contributed by atoms with Crippen LogP contribution in [0.15, 0.2) is 17.3 Å². The van der Waals surface area contributed by atoms with Crippen LogP contribution in [-0.2, 0) is 9.59 Å². The van der Waals surface area contributed by atoms with Gasteiger partial charge in [-0.3, -0.25) is 9.79 Å². The Kier molecular flexibility index (Phi) is 8.36. The normalized spacial score (nSPS) is 12.9. The van der Waals surface area contributed by atoms with E-state index in [1.165, 1.54) is 0 Å². The van der Waals surface area contributed by atoms with Gasteiger partial charge in [-0.2, -0.15) is 0 Å². The number of alkyl halides is 3. The first-order valence-electron chi connectivity index (χ1n) is 5.46. The quantitative estimate of drug-likeness (QED) is 0.167. The second-order valence-corrected chi connectivity index (χ2v) is 5.98. The highest BCUT2D eigenvalue weighted by Gasteiger charge is 2.28. The van der Waals surface area contributed by atoms with Gasteiger partial charge in [0.25, 0.3) is 3.79 Å². The van der Waals surface area contributed by atoms with Crippen molar-refractivity contribution in [3.05, 3.63) is 12.3 Å². The average molecular weight is 346 g/mol. The van der Waals surface area contributed by atoms with Crippen molar-refractivity contribution in [1.29, 1.82) is 0 Å². The lowest BCUT2D eigenvalue weighted by molar-refractivity contribution is -0.139. The number of carbonyl (C=O) groups excluding carboxylic acids is 1. The van der Waals surface area contributed by atoms with E-state index in [-0.39, 0.29) is 12.4 Å². The molecule has 0 aliphatic rings. The Labute approximate surface area is 130 Å². The molecular weight excluding hydrogens is 330 g/mol. The topological polar surface area (TPSA) is 131 Å². The minimum absolute atomic E-state index is 0.0574. The van der Waals surface area contributed by atoms with E-state index in [1.807, 2.05) is 0 Å². The number of aliphatic imine (C=N–C) groups is 1. The smallest absolute Gasteiger partial charge is 0.326 e. The molecule has 0 spiro atoms. The molecule has 0 heterocycles. The maximum Gasteiger partial charge on any atom is 0.326 e. The van der Waals surface area contributed by atoms with E-state index in [1.54, 1.807) is 0 Å². The van der Waals surface area contributed by atoms with Gasteiger partial charge in [0.05, 0.1) is 0 Å². The van der Waals surface area contributed by atoms with Crippen LogP contribution in [0.2, 0.25) is 0 Å². The van der Waals surface area contributed by atoms with Crippen molar-refractivity contribution in [3.8, 4) is 0 Å². The molecule has 1 unspecified atom stereocenters. The number of rotatable bonds is 8. The molecule has 7 nitrogen and oxygen atoms in total. The van der Waals surface area contributed by atoms with Crippen LogP contribution in [-0.4, -0.2) is 39.2 Å². The molecule has 6 N–H and O–H groups in total. The summed E-state index contributed by atoms with van der Waals surface area (Å²) in [7, 11) is 0. The lowest BCUT2D eigenvalue weighted by Crippen LogP contribution is -2.33. The predicted octanol–water partition coefficient (Wildman–Crippen LogP) is 0.536. The lowest BCUT2D eigenvalue weighted by atomic mass is 10.1. The van der Waals surface area contributed by atoms with Gasteiger partial charge in [0, 0.05) is 18.8 Å². The van der Waals surface area contributed by atoms with E-state index < -0.39 is 21.6 Å². The standard InChI is InChI=1S/C10H15Cl3N4O3/c11-10(12,13)7(18)3-5-16-6(8(19)20)2-1-4-17-9(14)15/h3,5-6,16H,1-2,4H2,(H,19,20)(H4,14,15,17)/b5-3-. The zero-order valence-corrected chi connectivity index (χ0v) is 12.6. The highest BCUT2D eigenvalue weighted by atomic mass is 35.6. The molecule has 0 saturated heterocycles. The molecule has 0 aromatic heterocycles. The molecule has 0 aromatic carbocycles. The summed E-state index contributed by atoms with van der Waals surface area (Å²) in [4.78, 5) is 25.9. The summed E-state index contributed by atoms with van der Waals surface area (Å²) in [5.41, 5.74) is 10.3. The Morgan fingerprint density at radius 1 is 1.35 bits per heavy atom. The largest absolute Gasteiger partial charge is 0.480 e. The van der Waals surface area contributed by atoms with Crippen molar-refractivity contribution in [2.24, 2.45) is 16.5 Å². The second-order valence-electron chi connectivity index (χ2n) is 3.70. The molecule has 0 saturated carbocycles. The number of nitrogens with one attached hydrogen (secondary N) is 1. The minimum Gasteiger partial charge on any atom is -0.480 e. The molecule has 0 aliphatic heterocycles. The molecule has 114 valence electrons. The Balaban J connectivity index is 4.29. The molecule has 0 fully saturated rings. The van der Waals surface area contributed by atoms with Gasteiger partial charge in [0.2, 0.25) is 5.78 Å². The maximum absolute atomic E-state index is 11.2. The average Bonchev–Trinajstić information content (AvgIpc) is 2.29. The van der Waals surface area contributed by atoms with E-state index in [4.69, 9.17) is 51.4 Å². The summed E-state index contributed by atoms with van der Waals surface area (Å²) in [6.07, 6.45) is 2.80. The molecule has 20 heavy (non-hydrogen) atoms. The van der Waals surface area contributed by atoms with E-state index in [9.17, 15) is 9.59 Å². The van der Waals surface area contributed by atoms with Crippen molar-refractivity contribution in [2.45, 2.75) is 22.7 Å². The van der Waals surface area contributed by atoms with Crippen LogP contribution in [0.1, 0.15) is 12.8 Å². The first kappa shape index (κ1) is 18.8. The summed E-state index contributed by atoms with van der Waals surface area (Å²) in [5.74, 6) is -1.92. The minimum atomic E-state index is -2.07. The third kappa shape index (κ3) is 8.84. The number of aliphatic carboxylic acids is 1. The number of halogens is 3. The SMILES string of the molecule is NC(N)=NCCCC(N/C=C\C(=O)C(Cl)(Cl)Cl)C(=O)O. The van der Waals surface area contributed by atoms with Crippen molar-refractivity contribution in [1.82, 2.24) is 5.32 Å². The summed E-state index contributed by atoms with van der Waals surface area (Å²) in [6, 6.07) is -0.899. The molecule has 10 heteroatoms. The van der Waals surface area contributed by atoms with Gasteiger partial charge in [-0.15, -0.1) is 0 Å². The number of hydrogen-bond donors (Lipinski definition) is 4. The molecular formula is C10H15Cl3N4O3. The van der Waals surface area contributed by atoms with E-state index in [0.717, 1.165) is 12.3 Å². The number of carboxylic acid groups (broad SMARTS) is 1. The summed E-state index contributed by atoms with van der Waals surface area (Å²) in [5, 5.41) is 11.5. The number of nitrogens with two attached hydrogens (primary N) is 2. The van der Waals surface area contributed by atoms with Gasteiger partial charge >= 0.3 is 5.97 Å². The van der Waals surface area contributed by atoms with Crippen molar-refractivity contribution < 1.29 is 14.7 Å². The molecule has 0 amide bonds. The number of carbonyl (C=O) groups is 2. The van der Waals surface area contributed by atoms with Crippen LogP contribution in [0.4, 0.5) is 0 Å². The monoisotopic (exact) mass is 344 g/mol. The first-order valence-corrected chi connectivity index (χ1v) is 6.60. The Hall–Kier alpha value is -1.18. The zero-order chi connectivity index (χ0) is 15.8. The summed E-state index contributed by atoms with van der Waals surface area (Å²) in [6.45, 7) is 0.310. The number of hydrogen-bond acceptors (Lipinski definition) is 4. The number of carboxylic acids is 1. The Morgan fingerprint density at radius 3 is 2.40 bits per heavy atom. The highest BCUT2D eigenvalue weighted by molar-refractivity contribution is 6.77. The fourth-order valence-electron chi connectivity index (χ4n) is 1.12. The van der Waals surface area contributed by atoms with Gasteiger partial charge in [-0.05, 0) is 12.8 Å². The molecule has 0 aromatic rings. The first-order chi connectivity index (χ1) is 9.14. The van der Waals surface area contributed by atoms with Gasteiger partial charge in [-0.25, -0.2) is 4.79 Å². The molecule has 0 bridgehead atoms. The molecule has 0 radical (unpaired) electrons. The number of allylic oxidation sites excluding steroid dienone is 1. The van der Waals surface area contributed by atoms with E-state index in [2.05, 4.69) is 10.3 Å². The van der Waals surface area contributed by atoms with Crippen LogP contribution in [0.3, 0.4) is 0 Å². The Morgan fingerprint density at radius 2 is 1.95 bits per heavy atom. The zero-order valence-electron chi connectivity index (χ0n) is 10.4. The fourth-order valence-corrected chi connectivity index (χ4v) is 1.31. The number of ketones is 1. The van der Waals surface area contributed by atoms with Crippen LogP contribution < -0.4 is 16.8 Å². The van der Waals surface area contributed by atoms with Gasteiger partial charge in [0.1, 0.15) is 6.04 Å². The van der Waals surface area contributed by atoms with Crippen LogP contribution in [0, 0.1) is 0 Å².